The number of imide groups is 1. The average Bonchev–Trinajstić information content (AvgIpc) is 2.64. The van der Waals surface area contributed by atoms with Gasteiger partial charge in [-0.05, 0) is 37.1 Å². The number of carbonyl (C=O) groups excluding carboxylic acids is 2. The van der Waals surface area contributed by atoms with Crippen LogP contribution in [0.15, 0.2) is 18.2 Å². The lowest BCUT2D eigenvalue weighted by Crippen LogP contribution is -2.47. The predicted octanol–water partition coefficient (Wildman–Crippen LogP) is 0.932. The number of hydrogen-bond donors (Lipinski definition) is 3. The number of aliphatic carboxylic acids is 1. The zero-order valence-electron chi connectivity index (χ0n) is 15.6. The van der Waals surface area contributed by atoms with Crippen molar-refractivity contribution in [2.45, 2.75) is 37.3 Å². The Morgan fingerprint density at radius 1 is 1.39 bits per heavy atom. The van der Waals surface area contributed by atoms with Gasteiger partial charge in [0.1, 0.15) is 11.9 Å². The molecule has 3 rings (SSSR count). The molecule has 2 saturated heterocycles. The Morgan fingerprint density at radius 3 is 2.82 bits per heavy atom. The summed E-state index contributed by atoms with van der Waals surface area (Å²) in [5.41, 5.74) is 0.976. The Balaban J connectivity index is 1.69. The van der Waals surface area contributed by atoms with Gasteiger partial charge in [0.05, 0.1) is 12.6 Å². The van der Waals surface area contributed by atoms with E-state index in [1.807, 2.05) is 0 Å². The molecule has 28 heavy (non-hydrogen) atoms. The Labute approximate surface area is 162 Å². The Bertz CT molecular complexity index is 772. The van der Waals surface area contributed by atoms with Gasteiger partial charge in [-0.25, -0.2) is 4.39 Å². The number of carboxylic acid groups (broad SMARTS) is 1. The molecule has 0 unspecified atom stereocenters. The fourth-order valence-electron chi connectivity index (χ4n) is 3.86. The van der Waals surface area contributed by atoms with Crippen LogP contribution in [0, 0.1) is 5.82 Å². The van der Waals surface area contributed by atoms with E-state index >= 15 is 0 Å². The van der Waals surface area contributed by atoms with Crippen molar-refractivity contribution >= 4 is 23.5 Å². The molecule has 2 fully saturated rings. The van der Waals surface area contributed by atoms with Crippen LogP contribution in [-0.2, 0) is 19.1 Å². The van der Waals surface area contributed by atoms with E-state index in [1.54, 1.807) is 24.1 Å². The molecule has 1 aromatic carbocycles. The molecule has 0 radical (unpaired) electrons. The number of benzene rings is 1. The lowest BCUT2D eigenvalue weighted by atomic mass is 9.86. The summed E-state index contributed by atoms with van der Waals surface area (Å²) in [5.74, 6) is -2.20. The number of ether oxygens (including phenoxy) is 1. The number of anilines is 1. The molecule has 2 heterocycles. The number of nitrogens with one attached hydrogen (secondary N) is 2. The molecule has 8 nitrogen and oxygen atoms in total. The van der Waals surface area contributed by atoms with Crippen molar-refractivity contribution < 1.29 is 28.6 Å². The van der Waals surface area contributed by atoms with Crippen LogP contribution < -0.4 is 10.6 Å². The number of carbonyl (C=O) groups is 3. The minimum Gasteiger partial charge on any atom is -0.480 e. The summed E-state index contributed by atoms with van der Waals surface area (Å²) < 4.78 is 20.3. The van der Waals surface area contributed by atoms with Crippen molar-refractivity contribution in [1.29, 1.82) is 0 Å². The second-order valence-corrected chi connectivity index (χ2v) is 7.18. The van der Waals surface area contributed by atoms with Crippen molar-refractivity contribution in [2.24, 2.45) is 0 Å². The summed E-state index contributed by atoms with van der Waals surface area (Å²) >= 11 is 0. The van der Waals surface area contributed by atoms with Crippen LogP contribution in [0.4, 0.5) is 10.1 Å². The number of amides is 2. The Kier molecular flexibility index (Phi) is 6.25. The van der Waals surface area contributed by atoms with Crippen LogP contribution in [-0.4, -0.2) is 66.7 Å². The smallest absolute Gasteiger partial charge is 0.317 e. The molecule has 152 valence electrons. The highest BCUT2D eigenvalue weighted by Gasteiger charge is 2.33. The molecule has 1 aromatic rings. The van der Waals surface area contributed by atoms with Crippen molar-refractivity contribution in [3.8, 4) is 0 Å². The van der Waals surface area contributed by atoms with Crippen LogP contribution in [0.1, 0.15) is 30.7 Å². The first-order valence-electron chi connectivity index (χ1n) is 9.24. The molecule has 2 aliphatic heterocycles. The van der Waals surface area contributed by atoms with Gasteiger partial charge >= 0.3 is 5.97 Å². The van der Waals surface area contributed by atoms with Gasteiger partial charge in [0, 0.05) is 31.7 Å². The van der Waals surface area contributed by atoms with Gasteiger partial charge in [-0.15, -0.1) is 0 Å². The van der Waals surface area contributed by atoms with E-state index in [0.717, 1.165) is 0 Å². The van der Waals surface area contributed by atoms with E-state index < -0.39 is 23.7 Å². The molecule has 0 bridgehead atoms. The highest BCUT2D eigenvalue weighted by molar-refractivity contribution is 6.01. The van der Waals surface area contributed by atoms with Crippen LogP contribution >= 0.6 is 0 Å². The van der Waals surface area contributed by atoms with Gasteiger partial charge < -0.3 is 15.2 Å². The maximum Gasteiger partial charge on any atom is 0.317 e. The first-order valence-corrected chi connectivity index (χ1v) is 9.24. The molecule has 3 atom stereocenters. The van der Waals surface area contributed by atoms with E-state index in [1.165, 1.54) is 6.07 Å². The quantitative estimate of drug-likeness (QED) is 0.617. The van der Waals surface area contributed by atoms with Gasteiger partial charge in [-0.3, -0.25) is 24.6 Å². The van der Waals surface area contributed by atoms with Crippen molar-refractivity contribution in [3.63, 3.8) is 0 Å². The van der Waals surface area contributed by atoms with Gasteiger partial charge in [0.25, 0.3) is 0 Å². The number of halogens is 1. The first kappa shape index (κ1) is 20.2. The highest BCUT2D eigenvalue weighted by atomic mass is 19.1. The molecule has 2 amide bonds. The third-order valence-electron chi connectivity index (χ3n) is 5.28. The van der Waals surface area contributed by atoms with E-state index in [4.69, 9.17) is 9.84 Å². The van der Waals surface area contributed by atoms with E-state index in [0.29, 0.717) is 37.2 Å². The molecule has 9 heteroatoms. The Morgan fingerprint density at radius 2 is 2.18 bits per heavy atom. The molecular formula is C19H24FN3O5. The van der Waals surface area contributed by atoms with Crippen LogP contribution in [0.5, 0.6) is 0 Å². The van der Waals surface area contributed by atoms with E-state index in [9.17, 15) is 18.8 Å². The fraction of sp³-hybridized carbons (Fsp3) is 0.526. The number of nitrogens with zero attached hydrogens (tertiary/aromatic N) is 1. The molecule has 0 spiro atoms. The summed E-state index contributed by atoms with van der Waals surface area (Å²) in [4.78, 5) is 35.8. The summed E-state index contributed by atoms with van der Waals surface area (Å²) in [6.45, 7) is 0.902. The number of rotatable bonds is 6. The summed E-state index contributed by atoms with van der Waals surface area (Å²) in [6, 6.07) is 4.15. The van der Waals surface area contributed by atoms with E-state index in [-0.39, 0.29) is 30.9 Å². The lowest BCUT2D eigenvalue weighted by molar-refractivity contribution is -0.139. The summed E-state index contributed by atoms with van der Waals surface area (Å²) in [7, 11) is 1.54. The minimum atomic E-state index is -0.900. The SMILES string of the molecule is CO[C@H]1CN(CC(=O)O)CC[C@@H]1c1ccc(N[C@@H]2CCC(=O)NC2=O)cc1F. The minimum absolute atomic E-state index is 0.0656. The van der Waals surface area contributed by atoms with Crippen molar-refractivity contribution in [3.05, 3.63) is 29.6 Å². The average molecular weight is 393 g/mol. The second-order valence-electron chi connectivity index (χ2n) is 7.18. The van der Waals surface area contributed by atoms with Gasteiger partial charge in [-0.2, -0.15) is 0 Å². The largest absolute Gasteiger partial charge is 0.480 e. The topological polar surface area (TPSA) is 108 Å². The third-order valence-corrected chi connectivity index (χ3v) is 5.28. The van der Waals surface area contributed by atoms with Gasteiger partial charge in [0.15, 0.2) is 0 Å². The van der Waals surface area contributed by atoms with E-state index in [2.05, 4.69) is 10.6 Å². The van der Waals surface area contributed by atoms with Gasteiger partial charge in [-0.1, -0.05) is 6.07 Å². The zero-order chi connectivity index (χ0) is 20.3. The molecule has 0 aromatic heterocycles. The number of piperidine rings is 2. The van der Waals surface area contributed by atoms with Crippen LogP contribution in [0.25, 0.3) is 0 Å². The molecule has 3 N–H and O–H groups in total. The number of methoxy groups -OCH3 is 1. The summed E-state index contributed by atoms with van der Waals surface area (Å²) in [5, 5.41) is 14.2. The fourth-order valence-corrected chi connectivity index (χ4v) is 3.86. The predicted molar refractivity (Wildman–Crippen MR) is 98.4 cm³/mol. The van der Waals surface area contributed by atoms with Crippen LogP contribution in [0.3, 0.4) is 0 Å². The summed E-state index contributed by atoms with van der Waals surface area (Å²) in [6.07, 6.45) is 0.885. The second kappa shape index (κ2) is 8.66. The highest BCUT2D eigenvalue weighted by Crippen LogP contribution is 2.33. The van der Waals surface area contributed by atoms with Gasteiger partial charge in [0.2, 0.25) is 11.8 Å². The monoisotopic (exact) mass is 393 g/mol. The third kappa shape index (κ3) is 4.66. The van der Waals surface area contributed by atoms with Crippen molar-refractivity contribution in [2.75, 3.05) is 32.1 Å². The standard InChI is InChI=1S/C19H24FN3O5/c1-28-16-9-23(10-18(25)26)7-6-13(16)12-3-2-11(8-14(12)20)21-15-4-5-17(24)22-19(15)27/h2-3,8,13,15-16,21H,4-7,9-10H2,1H3,(H,25,26)(H,22,24,27)/t13-,15-,16+/m1/s1. The maximum atomic E-state index is 14.8. The molecule has 0 aliphatic carbocycles. The lowest BCUT2D eigenvalue weighted by Gasteiger charge is -2.37. The Hall–Kier alpha value is -2.52. The first-order chi connectivity index (χ1) is 13.4. The number of likely N-dealkylation sites (tertiary alicyclic amines) is 1. The molecule has 2 aliphatic rings. The van der Waals surface area contributed by atoms with Crippen molar-refractivity contribution in [1.82, 2.24) is 10.2 Å². The normalized spacial score (nSPS) is 26.0. The number of carboxylic acids is 1. The molecule has 0 saturated carbocycles. The van der Waals surface area contributed by atoms with Crippen LogP contribution in [0.2, 0.25) is 0 Å². The molecular weight excluding hydrogens is 369 g/mol. The number of hydrogen-bond acceptors (Lipinski definition) is 6. The zero-order valence-corrected chi connectivity index (χ0v) is 15.6. The maximum absolute atomic E-state index is 14.8.